The van der Waals surface area contributed by atoms with Gasteiger partial charge in [0.15, 0.2) is 11.5 Å². The van der Waals surface area contributed by atoms with E-state index in [0.29, 0.717) is 15.8 Å². The van der Waals surface area contributed by atoms with Crippen LogP contribution >= 0.6 is 11.3 Å². The number of nitrogens with zero attached hydrogens (tertiary/aromatic N) is 2. The van der Waals surface area contributed by atoms with Crippen molar-refractivity contribution in [3.05, 3.63) is 50.9 Å². The number of nitrogens with one attached hydrogen (secondary N) is 1. The molecule has 1 amide bonds. The van der Waals surface area contributed by atoms with Crippen LogP contribution in [-0.4, -0.2) is 29.2 Å². The Hall–Kier alpha value is -3.01. The number of amides is 1. The lowest BCUT2D eigenvalue weighted by atomic mass is 10.2. The van der Waals surface area contributed by atoms with Crippen LogP contribution in [0.3, 0.4) is 0 Å². The van der Waals surface area contributed by atoms with Crippen LogP contribution in [0.15, 0.2) is 29.3 Å². The van der Waals surface area contributed by atoms with Crippen LogP contribution in [0, 0.1) is 13.8 Å². The van der Waals surface area contributed by atoms with Crippen LogP contribution in [0.25, 0.3) is 10.2 Å². The van der Waals surface area contributed by atoms with Gasteiger partial charge in [-0.2, -0.15) is 8.78 Å². The highest BCUT2D eigenvalue weighted by Gasteiger charge is 2.14. The third-order valence-electron chi connectivity index (χ3n) is 4.67. The molecular formula is C20H21F2N3O4S. The van der Waals surface area contributed by atoms with Crippen LogP contribution < -0.4 is 20.3 Å². The van der Waals surface area contributed by atoms with Gasteiger partial charge >= 0.3 is 6.61 Å². The van der Waals surface area contributed by atoms with Crippen LogP contribution in [0.5, 0.6) is 11.5 Å². The number of ether oxygens (including phenoxy) is 2. The summed E-state index contributed by atoms with van der Waals surface area (Å²) in [7, 11) is 1.34. The number of methoxy groups -OCH3 is 1. The number of rotatable bonds is 8. The highest BCUT2D eigenvalue weighted by atomic mass is 32.1. The minimum absolute atomic E-state index is 0.0798. The molecule has 0 aliphatic carbocycles. The molecular weight excluding hydrogens is 416 g/mol. The van der Waals surface area contributed by atoms with Crippen molar-refractivity contribution >= 4 is 27.5 Å². The molecule has 0 radical (unpaired) electrons. The summed E-state index contributed by atoms with van der Waals surface area (Å²) in [5.41, 5.74) is 1.42. The van der Waals surface area contributed by atoms with E-state index in [1.54, 1.807) is 6.07 Å². The van der Waals surface area contributed by atoms with Crippen molar-refractivity contribution in [3.63, 3.8) is 0 Å². The summed E-state index contributed by atoms with van der Waals surface area (Å²) in [4.78, 5) is 30.9. The van der Waals surface area contributed by atoms with E-state index in [2.05, 4.69) is 15.0 Å². The van der Waals surface area contributed by atoms with Gasteiger partial charge in [0.25, 0.3) is 5.56 Å². The fraction of sp³-hybridized carbons (Fsp3) is 0.350. The second kappa shape index (κ2) is 9.21. The zero-order chi connectivity index (χ0) is 21.8. The Kier molecular flexibility index (Phi) is 6.66. The van der Waals surface area contributed by atoms with E-state index in [-0.39, 0.29) is 42.5 Å². The number of aromatic nitrogens is 2. The summed E-state index contributed by atoms with van der Waals surface area (Å²) in [5, 5.41) is 3.33. The fourth-order valence-corrected chi connectivity index (χ4v) is 3.94. The number of alkyl halides is 2. The molecule has 1 aromatic carbocycles. The predicted molar refractivity (Wildman–Crippen MR) is 109 cm³/mol. The van der Waals surface area contributed by atoms with Gasteiger partial charge in [-0.3, -0.25) is 14.2 Å². The number of carbonyl (C=O) groups is 1. The minimum atomic E-state index is -2.96. The van der Waals surface area contributed by atoms with Crippen molar-refractivity contribution in [1.82, 2.24) is 14.9 Å². The summed E-state index contributed by atoms with van der Waals surface area (Å²) in [5.74, 6) is -0.190. The van der Waals surface area contributed by atoms with Gasteiger partial charge in [0.05, 0.1) is 18.8 Å². The van der Waals surface area contributed by atoms with Crippen LogP contribution in [-0.2, 0) is 17.9 Å². The first-order chi connectivity index (χ1) is 14.3. The molecule has 2 aromatic heterocycles. The molecule has 2 heterocycles. The number of aryl methyl sites for hydroxylation is 3. The maximum Gasteiger partial charge on any atom is 0.387 e. The zero-order valence-electron chi connectivity index (χ0n) is 16.7. The smallest absolute Gasteiger partial charge is 0.387 e. The van der Waals surface area contributed by atoms with Crippen molar-refractivity contribution in [2.75, 3.05) is 7.11 Å². The molecule has 160 valence electrons. The zero-order valence-corrected chi connectivity index (χ0v) is 17.5. The molecule has 3 rings (SSSR count). The maximum atomic E-state index is 12.7. The summed E-state index contributed by atoms with van der Waals surface area (Å²) < 4.78 is 35.6. The second-order valence-corrected chi connectivity index (χ2v) is 7.80. The molecule has 0 aliphatic heterocycles. The fourth-order valence-electron chi connectivity index (χ4n) is 2.96. The molecule has 0 atom stereocenters. The molecule has 0 aliphatic rings. The Bertz CT molecular complexity index is 1130. The monoisotopic (exact) mass is 437 g/mol. The highest BCUT2D eigenvalue weighted by molar-refractivity contribution is 7.18. The summed E-state index contributed by atoms with van der Waals surface area (Å²) >= 11 is 1.47. The standard InChI is InChI=1S/C20H21F2N3O4S/c1-11-12(2)30-18-17(11)19(27)25(10-24-18)7-6-16(26)23-9-13-4-5-14(29-20(21)22)15(8-13)28-3/h4-5,8,10,20H,6-7,9H2,1-3H3,(H,23,26). The van der Waals surface area contributed by atoms with E-state index in [1.807, 2.05) is 13.8 Å². The van der Waals surface area contributed by atoms with Crippen molar-refractivity contribution in [2.24, 2.45) is 0 Å². The topological polar surface area (TPSA) is 82.5 Å². The van der Waals surface area contributed by atoms with E-state index in [9.17, 15) is 18.4 Å². The molecule has 0 saturated carbocycles. The van der Waals surface area contributed by atoms with Crippen LogP contribution in [0.2, 0.25) is 0 Å². The number of fused-ring (bicyclic) bond motifs is 1. The lowest BCUT2D eigenvalue weighted by Gasteiger charge is -2.12. The molecule has 0 unspecified atom stereocenters. The number of hydrogen-bond donors (Lipinski definition) is 1. The molecule has 7 nitrogen and oxygen atoms in total. The third-order valence-corrected chi connectivity index (χ3v) is 5.78. The van der Waals surface area contributed by atoms with Gasteiger partial charge in [-0.15, -0.1) is 11.3 Å². The summed E-state index contributed by atoms with van der Waals surface area (Å²) in [6.45, 7) is 1.26. The molecule has 30 heavy (non-hydrogen) atoms. The molecule has 0 fully saturated rings. The molecule has 0 spiro atoms. The lowest BCUT2D eigenvalue weighted by molar-refractivity contribution is -0.121. The Labute approximate surface area is 175 Å². The largest absolute Gasteiger partial charge is 0.493 e. The number of thiophene rings is 1. The normalized spacial score (nSPS) is 11.1. The van der Waals surface area contributed by atoms with Crippen LogP contribution in [0.1, 0.15) is 22.4 Å². The molecule has 0 bridgehead atoms. The average Bonchev–Trinajstić information content (AvgIpc) is 3.00. The first-order valence-electron chi connectivity index (χ1n) is 9.13. The summed E-state index contributed by atoms with van der Waals surface area (Å²) in [6, 6.07) is 4.44. The van der Waals surface area contributed by atoms with E-state index >= 15 is 0 Å². The van der Waals surface area contributed by atoms with Crippen molar-refractivity contribution in [2.45, 2.75) is 40.0 Å². The summed E-state index contributed by atoms with van der Waals surface area (Å²) in [6.07, 6.45) is 1.55. The minimum Gasteiger partial charge on any atom is -0.493 e. The Morgan fingerprint density at radius 2 is 2.07 bits per heavy atom. The van der Waals surface area contributed by atoms with Crippen molar-refractivity contribution in [3.8, 4) is 11.5 Å². The van der Waals surface area contributed by atoms with Gasteiger partial charge < -0.3 is 14.8 Å². The lowest BCUT2D eigenvalue weighted by Crippen LogP contribution is -2.27. The molecule has 3 aromatic rings. The Morgan fingerprint density at radius 3 is 2.77 bits per heavy atom. The Balaban J connectivity index is 1.60. The van der Waals surface area contributed by atoms with E-state index in [4.69, 9.17) is 4.74 Å². The van der Waals surface area contributed by atoms with Gasteiger partial charge in [-0.25, -0.2) is 4.98 Å². The number of hydrogen-bond acceptors (Lipinski definition) is 6. The number of benzene rings is 1. The second-order valence-electron chi connectivity index (χ2n) is 6.60. The van der Waals surface area contributed by atoms with E-state index in [0.717, 1.165) is 10.4 Å². The first-order valence-corrected chi connectivity index (χ1v) is 9.95. The Morgan fingerprint density at radius 1 is 1.30 bits per heavy atom. The molecule has 1 N–H and O–H groups in total. The third kappa shape index (κ3) is 4.76. The molecule has 0 saturated heterocycles. The highest BCUT2D eigenvalue weighted by Crippen LogP contribution is 2.29. The number of carbonyl (C=O) groups excluding carboxylic acids is 1. The van der Waals surface area contributed by atoms with E-state index in [1.165, 1.54) is 41.5 Å². The molecule has 10 heteroatoms. The van der Waals surface area contributed by atoms with Gasteiger partial charge in [-0.1, -0.05) is 6.07 Å². The van der Waals surface area contributed by atoms with Gasteiger partial charge in [0.1, 0.15) is 4.83 Å². The first kappa shape index (κ1) is 21.7. The SMILES string of the molecule is COc1cc(CNC(=O)CCn2cnc3sc(C)c(C)c3c2=O)ccc1OC(F)F. The van der Waals surface area contributed by atoms with Gasteiger partial charge in [-0.05, 0) is 37.1 Å². The number of halogens is 2. The van der Waals surface area contributed by atoms with E-state index < -0.39 is 6.61 Å². The maximum absolute atomic E-state index is 12.7. The van der Waals surface area contributed by atoms with Crippen molar-refractivity contribution < 1.29 is 23.0 Å². The average molecular weight is 437 g/mol. The van der Waals surface area contributed by atoms with Gasteiger partial charge in [0, 0.05) is 24.4 Å². The van der Waals surface area contributed by atoms with Crippen LogP contribution in [0.4, 0.5) is 8.78 Å². The predicted octanol–water partition coefficient (Wildman–Crippen LogP) is 3.39. The quantitative estimate of drug-likeness (QED) is 0.584. The van der Waals surface area contributed by atoms with Gasteiger partial charge in [0.2, 0.25) is 5.91 Å². The van der Waals surface area contributed by atoms with Crippen molar-refractivity contribution in [1.29, 1.82) is 0 Å².